The van der Waals surface area contributed by atoms with Crippen LogP contribution in [-0.4, -0.2) is 49.5 Å². The number of hydrogen-bond donors (Lipinski definition) is 5. The fourth-order valence-corrected chi connectivity index (χ4v) is 0.907. The average molecular weight is 272 g/mol. The number of rotatable bonds is 4. The summed E-state index contributed by atoms with van der Waals surface area (Å²) in [6, 6.07) is 5.81. The maximum atomic E-state index is 10.3. The molecule has 0 aliphatic rings. The number of phenols is 1. The maximum absolute atomic E-state index is 10.3. The summed E-state index contributed by atoms with van der Waals surface area (Å²) in [5, 5.41) is 41.4. The third-order valence-electron chi connectivity index (χ3n) is 1.79. The van der Waals surface area contributed by atoms with E-state index in [4.69, 9.17) is 25.5 Å². The number of hydrogen-bond acceptors (Lipinski definition) is 5. The minimum absolute atomic E-state index is 0.0671. The number of carboxylic acid groups (broad SMARTS) is 3. The van der Waals surface area contributed by atoms with E-state index < -0.39 is 30.4 Å². The van der Waals surface area contributed by atoms with E-state index in [9.17, 15) is 14.4 Å². The molecule has 0 saturated carbocycles. The molecule has 1 aromatic carbocycles. The normalized spacial score (nSPS) is 10.8. The molecular weight excluding hydrogens is 260 g/mol. The Morgan fingerprint density at radius 1 is 1.05 bits per heavy atom. The van der Waals surface area contributed by atoms with E-state index in [0.717, 1.165) is 0 Å². The molecule has 1 aromatic rings. The van der Waals surface area contributed by atoms with Gasteiger partial charge in [-0.1, -0.05) is 12.1 Å². The number of benzene rings is 1. The van der Waals surface area contributed by atoms with Gasteiger partial charge in [-0.2, -0.15) is 0 Å². The van der Waals surface area contributed by atoms with Gasteiger partial charge in [0, 0.05) is 0 Å². The molecule has 19 heavy (non-hydrogen) atoms. The van der Waals surface area contributed by atoms with Gasteiger partial charge in [0.15, 0.2) is 6.10 Å². The van der Waals surface area contributed by atoms with Crippen LogP contribution in [0.2, 0.25) is 0 Å². The molecule has 0 aliphatic carbocycles. The number of carboxylic acids is 3. The first kappa shape index (κ1) is 16.4. The topological polar surface area (TPSA) is 152 Å². The molecule has 8 nitrogen and oxygen atoms in total. The Kier molecular flexibility index (Phi) is 6.61. The molecule has 1 unspecified atom stereocenters. The highest BCUT2D eigenvalue weighted by atomic mass is 16.4. The fourth-order valence-electron chi connectivity index (χ4n) is 0.907. The van der Waals surface area contributed by atoms with E-state index in [2.05, 4.69) is 0 Å². The fraction of sp³-hybridized carbons (Fsp3) is 0.182. The number of aliphatic hydroxyl groups excluding tert-OH is 1. The van der Waals surface area contributed by atoms with Crippen molar-refractivity contribution in [1.82, 2.24) is 0 Å². The maximum Gasteiger partial charge on any atom is 0.339 e. The van der Waals surface area contributed by atoms with Crippen LogP contribution in [0.1, 0.15) is 16.8 Å². The second-order valence-corrected chi connectivity index (χ2v) is 3.27. The van der Waals surface area contributed by atoms with Gasteiger partial charge in [0.2, 0.25) is 0 Å². The van der Waals surface area contributed by atoms with Gasteiger partial charge in [0.05, 0.1) is 6.42 Å². The SMILES string of the molecule is O=C(O)CC(O)C(=O)O.O=C(O)c1ccccc1O. The van der Waals surface area contributed by atoms with Crippen LogP contribution >= 0.6 is 0 Å². The van der Waals surface area contributed by atoms with E-state index >= 15 is 0 Å². The molecule has 0 amide bonds. The molecule has 0 radical (unpaired) electrons. The van der Waals surface area contributed by atoms with Crippen LogP contribution in [0.3, 0.4) is 0 Å². The summed E-state index contributed by atoms with van der Waals surface area (Å²) < 4.78 is 0. The standard InChI is InChI=1S/C7H6O3.C4H6O5/c8-6-4-2-1-3-5(6)7(9)10;5-2(4(8)9)1-3(6)7/h1-4,8H,(H,9,10);2,5H,1H2,(H,6,7)(H,8,9). The molecular formula is C11H12O8. The molecule has 1 rings (SSSR count). The molecule has 0 saturated heterocycles. The number of carbonyl (C=O) groups is 3. The molecule has 0 spiro atoms. The summed E-state index contributed by atoms with van der Waals surface area (Å²) in [7, 11) is 0. The predicted octanol–water partition coefficient (Wildman–Crippen LogP) is -0.00300. The quantitative estimate of drug-likeness (QED) is 0.513. The van der Waals surface area contributed by atoms with E-state index in [-0.39, 0.29) is 11.3 Å². The zero-order chi connectivity index (χ0) is 15.0. The summed E-state index contributed by atoms with van der Waals surface area (Å²) in [6.45, 7) is 0. The van der Waals surface area contributed by atoms with Gasteiger partial charge in [-0.3, -0.25) is 4.79 Å². The molecule has 1 atom stereocenters. The van der Waals surface area contributed by atoms with Crippen LogP contribution in [0, 0.1) is 0 Å². The monoisotopic (exact) mass is 272 g/mol. The van der Waals surface area contributed by atoms with Crippen molar-refractivity contribution in [2.75, 3.05) is 0 Å². The second-order valence-electron chi connectivity index (χ2n) is 3.27. The zero-order valence-electron chi connectivity index (χ0n) is 9.55. The minimum Gasteiger partial charge on any atom is -0.507 e. The van der Waals surface area contributed by atoms with Crippen molar-refractivity contribution in [3.63, 3.8) is 0 Å². The summed E-state index contributed by atoms with van der Waals surface area (Å²) in [5.74, 6) is -4.16. The molecule has 0 aromatic heterocycles. The minimum atomic E-state index is -1.79. The van der Waals surface area contributed by atoms with Gasteiger partial charge >= 0.3 is 17.9 Å². The van der Waals surface area contributed by atoms with E-state index in [0.29, 0.717) is 0 Å². The molecule has 104 valence electrons. The lowest BCUT2D eigenvalue weighted by Gasteiger charge is -1.97. The number of para-hydroxylation sites is 1. The van der Waals surface area contributed by atoms with Crippen LogP contribution in [0.5, 0.6) is 5.75 Å². The average Bonchev–Trinajstić information content (AvgIpc) is 2.29. The Morgan fingerprint density at radius 2 is 1.58 bits per heavy atom. The van der Waals surface area contributed by atoms with Gasteiger partial charge in [-0.25, -0.2) is 9.59 Å². The van der Waals surface area contributed by atoms with Crippen molar-refractivity contribution in [3.05, 3.63) is 29.8 Å². The first-order chi connectivity index (χ1) is 8.75. The van der Waals surface area contributed by atoms with E-state index in [1.807, 2.05) is 0 Å². The van der Waals surface area contributed by atoms with Crippen molar-refractivity contribution in [3.8, 4) is 5.75 Å². The lowest BCUT2D eigenvalue weighted by atomic mass is 10.2. The summed E-state index contributed by atoms with van der Waals surface area (Å²) in [5.41, 5.74) is -0.0671. The Labute approximate surface area is 107 Å². The Hall–Kier alpha value is -2.61. The van der Waals surface area contributed by atoms with Crippen LogP contribution in [-0.2, 0) is 9.59 Å². The van der Waals surface area contributed by atoms with Crippen LogP contribution in [0.25, 0.3) is 0 Å². The highest BCUT2D eigenvalue weighted by molar-refractivity contribution is 5.90. The molecule has 0 bridgehead atoms. The van der Waals surface area contributed by atoms with Gasteiger partial charge in [-0.15, -0.1) is 0 Å². The van der Waals surface area contributed by atoms with E-state index in [1.54, 1.807) is 12.1 Å². The number of aliphatic carboxylic acids is 2. The molecule has 5 N–H and O–H groups in total. The lowest BCUT2D eigenvalue weighted by molar-refractivity contribution is -0.152. The van der Waals surface area contributed by atoms with Crippen molar-refractivity contribution in [1.29, 1.82) is 0 Å². The van der Waals surface area contributed by atoms with Gasteiger partial charge in [0.25, 0.3) is 0 Å². The molecule has 0 fully saturated rings. The third-order valence-corrected chi connectivity index (χ3v) is 1.79. The Morgan fingerprint density at radius 3 is 1.84 bits per heavy atom. The largest absolute Gasteiger partial charge is 0.507 e. The van der Waals surface area contributed by atoms with Crippen molar-refractivity contribution in [2.24, 2.45) is 0 Å². The first-order valence-electron chi connectivity index (χ1n) is 4.89. The number of aromatic hydroxyl groups is 1. The molecule has 8 heteroatoms. The van der Waals surface area contributed by atoms with Gasteiger partial charge in [-0.05, 0) is 12.1 Å². The van der Waals surface area contributed by atoms with Crippen molar-refractivity contribution < 1.29 is 39.9 Å². The second kappa shape index (κ2) is 7.67. The summed E-state index contributed by atoms with van der Waals surface area (Å²) in [4.78, 5) is 29.7. The molecule has 0 aliphatic heterocycles. The van der Waals surface area contributed by atoms with Gasteiger partial charge < -0.3 is 25.5 Å². The molecule has 0 heterocycles. The van der Waals surface area contributed by atoms with Crippen molar-refractivity contribution >= 4 is 17.9 Å². The highest BCUT2D eigenvalue weighted by Gasteiger charge is 2.16. The smallest absolute Gasteiger partial charge is 0.339 e. The van der Waals surface area contributed by atoms with Crippen LogP contribution in [0.4, 0.5) is 0 Å². The first-order valence-corrected chi connectivity index (χ1v) is 4.89. The number of aliphatic hydroxyl groups is 1. The number of aromatic carboxylic acids is 1. The van der Waals surface area contributed by atoms with E-state index in [1.165, 1.54) is 12.1 Å². The predicted molar refractivity (Wildman–Crippen MR) is 61.0 cm³/mol. The highest BCUT2D eigenvalue weighted by Crippen LogP contribution is 2.14. The van der Waals surface area contributed by atoms with Gasteiger partial charge in [0.1, 0.15) is 11.3 Å². The van der Waals surface area contributed by atoms with Crippen molar-refractivity contribution in [2.45, 2.75) is 12.5 Å². The summed E-state index contributed by atoms with van der Waals surface area (Å²) >= 11 is 0. The Bertz CT molecular complexity index is 468. The lowest BCUT2D eigenvalue weighted by Crippen LogP contribution is -2.22. The Balaban J connectivity index is 0.000000344. The van der Waals surface area contributed by atoms with Crippen LogP contribution in [0.15, 0.2) is 24.3 Å². The summed E-state index contributed by atoms with van der Waals surface area (Å²) in [6.07, 6.45) is -2.54. The van der Waals surface area contributed by atoms with Crippen LogP contribution < -0.4 is 0 Å². The third kappa shape index (κ3) is 6.64. The zero-order valence-corrected chi connectivity index (χ0v) is 9.55.